The molecule has 3 rings (SSSR count). The van der Waals surface area contributed by atoms with Crippen LogP contribution in [-0.2, 0) is 0 Å². The predicted molar refractivity (Wildman–Crippen MR) is 236 cm³/mol. The zero-order chi connectivity index (χ0) is 40.9. The summed E-state index contributed by atoms with van der Waals surface area (Å²) in [6, 6.07) is 10.8. The highest BCUT2D eigenvalue weighted by atomic mass is 16.2. The van der Waals surface area contributed by atoms with E-state index in [0.717, 1.165) is 77.5 Å². The number of carbonyl (C=O) groups excluding carboxylic acids is 2. The average molecular weight is 785 g/mol. The summed E-state index contributed by atoms with van der Waals surface area (Å²) in [5, 5.41) is 0. The van der Waals surface area contributed by atoms with Gasteiger partial charge in [0.1, 0.15) is 22.8 Å². The maximum atomic E-state index is 14.0. The number of anilines is 1. The summed E-state index contributed by atoms with van der Waals surface area (Å²) in [4.78, 5) is 55.0. The lowest BCUT2D eigenvalue weighted by Gasteiger charge is -2.23. The van der Waals surface area contributed by atoms with E-state index in [-0.39, 0.29) is 29.4 Å². The Morgan fingerprint density at radius 2 is 0.719 bits per heavy atom. The van der Waals surface area contributed by atoms with Crippen LogP contribution in [0.2, 0.25) is 0 Å². The van der Waals surface area contributed by atoms with E-state index in [9.17, 15) is 9.59 Å². The third kappa shape index (κ3) is 18.5. The first-order valence-electron chi connectivity index (χ1n) is 23.0. The topological polar surface area (TPSA) is 131 Å². The fourth-order valence-corrected chi connectivity index (χ4v) is 7.26. The Morgan fingerprint density at radius 1 is 0.421 bits per heavy atom. The van der Waals surface area contributed by atoms with Crippen molar-refractivity contribution in [2.45, 2.75) is 182 Å². The molecular formula is C47H76N8O2. The lowest BCUT2D eigenvalue weighted by molar-refractivity contribution is 0.0736. The Kier molecular flexibility index (Phi) is 24.4. The first kappa shape index (κ1) is 47.4. The van der Waals surface area contributed by atoms with Crippen molar-refractivity contribution in [3.63, 3.8) is 0 Å². The molecule has 0 aliphatic heterocycles. The monoisotopic (exact) mass is 785 g/mol. The number of pyridine rings is 2. The van der Waals surface area contributed by atoms with Crippen LogP contribution in [0.1, 0.15) is 203 Å². The van der Waals surface area contributed by atoms with Crippen molar-refractivity contribution in [3.05, 3.63) is 47.8 Å². The first-order chi connectivity index (χ1) is 27.9. The molecule has 0 fully saturated rings. The van der Waals surface area contributed by atoms with Crippen LogP contribution in [0.25, 0.3) is 23.0 Å². The third-order valence-electron chi connectivity index (χ3n) is 10.7. The van der Waals surface area contributed by atoms with Crippen molar-refractivity contribution in [2.24, 2.45) is 0 Å². The van der Waals surface area contributed by atoms with E-state index in [1.54, 1.807) is 24.3 Å². The molecule has 3 aromatic heterocycles. The van der Waals surface area contributed by atoms with E-state index in [2.05, 4.69) is 37.7 Å². The van der Waals surface area contributed by atoms with E-state index in [1.807, 2.05) is 21.9 Å². The van der Waals surface area contributed by atoms with Crippen LogP contribution in [0, 0.1) is 0 Å². The number of carbonyl (C=O) groups is 2. The van der Waals surface area contributed by atoms with Crippen LogP contribution in [-0.4, -0.2) is 72.7 Å². The number of nitrogens with zero attached hydrogens (tertiary/aromatic N) is 7. The van der Waals surface area contributed by atoms with Gasteiger partial charge in [-0.2, -0.15) is 9.97 Å². The highest BCUT2D eigenvalue weighted by Crippen LogP contribution is 2.21. The number of rotatable bonds is 32. The molecule has 0 unspecified atom stereocenters. The van der Waals surface area contributed by atoms with Crippen LogP contribution >= 0.6 is 0 Å². The number of hydrogen-bond donors (Lipinski definition) is 1. The van der Waals surface area contributed by atoms with Crippen molar-refractivity contribution in [1.82, 2.24) is 34.7 Å². The van der Waals surface area contributed by atoms with E-state index < -0.39 is 0 Å². The fourth-order valence-electron chi connectivity index (χ4n) is 7.26. The van der Waals surface area contributed by atoms with Crippen molar-refractivity contribution < 1.29 is 9.59 Å². The second kappa shape index (κ2) is 29.3. The van der Waals surface area contributed by atoms with Crippen LogP contribution in [0.3, 0.4) is 0 Å². The van der Waals surface area contributed by atoms with Crippen LogP contribution in [0.15, 0.2) is 36.4 Å². The van der Waals surface area contributed by atoms with E-state index in [0.29, 0.717) is 22.8 Å². The van der Waals surface area contributed by atoms with E-state index in [1.165, 1.54) is 103 Å². The molecule has 10 heteroatoms. The maximum absolute atomic E-state index is 14.0. The Balaban J connectivity index is 1.78. The molecule has 0 saturated heterocycles. The number of nitrogen functional groups attached to an aromatic ring is 1. The number of aromatic nitrogens is 5. The Morgan fingerprint density at radius 3 is 1.04 bits per heavy atom. The van der Waals surface area contributed by atoms with Gasteiger partial charge >= 0.3 is 0 Å². The molecule has 57 heavy (non-hydrogen) atoms. The molecule has 0 radical (unpaired) electrons. The van der Waals surface area contributed by atoms with Crippen LogP contribution in [0.4, 0.5) is 5.95 Å². The van der Waals surface area contributed by atoms with Crippen molar-refractivity contribution in [3.8, 4) is 23.0 Å². The molecule has 0 saturated carbocycles. The molecule has 0 bridgehead atoms. The smallest absolute Gasteiger partial charge is 0.272 e. The van der Waals surface area contributed by atoms with Gasteiger partial charge in [-0.05, 0) is 49.9 Å². The summed E-state index contributed by atoms with van der Waals surface area (Å²) in [6.07, 6.45) is 28.2. The second-order valence-electron chi connectivity index (χ2n) is 15.8. The zero-order valence-electron chi connectivity index (χ0n) is 36.3. The van der Waals surface area contributed by atoms with Crippen molar-refractivity contribution in [1.29, 1.82) is 0 Å². The molecule has 10 nitrogen and oxygen atoms in total. The van der Waals surface area contributed by atoms with Gasteiger partial charge in [0, 0.05) is 26.2 Å². The average Bonchev–Trinajstić information content (AvgIpc) is 3.23. The van der Waals surface area contributed by atoms with Gasteiger partial charge in [0.05, 0.1) is 0 Å². The summed E-state index contributed by atoms with van der Waals surface area (Å²) >= 11 is 0. The lowest BCUT2D eigenvalue weighted by Crippen LogP contribution is -2.33. The molecule has 0 aromatic carbocycles. The minimum Gasteiger partial charge on any atom is -0.368 e. The summed E-state index contributed by atoms with van der Waals surface area (Å²) < 4.78 is 0. The number of nitrogens with two attached hydrogens (primary N) is 1. The van der Waals surface area contributed by atoms with Gasteiger partial charge in [0.2, 0.25) is 5.95 Å². The van der Waals surface area contributed by atoms with Crippen LogP contribution < -0.4 is 5.73 Å². The standard InChI is InChI=1S/C47H76N8O2/c1-5-9-13-17-21-25-35-54(36-26-22-18-14-10-6-2)45(56)41-33-29-31-39(49-41)43-51-44(53-47(48)52-43)40-32-30-34-42(50-40)46(57)55(37-27-23-19-15-11-7-3)38-28-24-20-16-12-8-4/h29-34H,5-28,35-38H2,1-4H3,(H2,48,51,52,53). The lowest BCUT2D eigenvalue weighted by atomic mass is 10.1. The molecule has 0 aliphatic carbocycles. The molecule has 0 spiro atoms. The van der Waals surface area contributed by atoms with Crippen molar-refractivity contribution >= 4 is 17.8 Å². The zero-order valence-corrected chi connectivity index (χ0v) is 36.3. The van der Waals surface area contributed by atoms with E-state index >= 15 is 0 Å². The second-order valence-corrected chi connectivity index (χ2v) is 15.8. The van der Waals surface area contributed by atoms with Gasteiger partial charge in [-0.25, -0.2) is 15.0 Å². The number of amides is 2. The molecule has 0 atom stereocenters. The van der Waals surface area contributed by atoms with E-state index in [4.69, 9.17) is 20.7 Å². The van der Waals surface area contributed by atoms with Gasteiger partial charge in [-0.1, -0.05) is 168 Å². The minimum absolute atomic E-state index is 0.0209. The minimum atomic E-state index is -0.0689. The normalized spacial score (nSPS) is 11.2. The largest absolute Gasteiger partial charge is 0.368 e. The Labute approximate surface area is 345 Å². The predicted octanol–water partition coefficient (Wildman–Crippen LogP) is 11.9. The van der Waals surface area contributed by atoms with Gasteiger partial charge in [-0.15, -0.1) is 0 Å². The summed E-state index contributed by atoms with van der Waals surface area (Å²) in [6.45, 7) is 11.8. The van der Waals surface area contributed by atoms with Crippen molar-refractivity contribution in [2.75, 3.05) is 31.9 Å². The summed E-state index contributed by atoms with van der Waals surface area (Å²) in [7, 11) is 0. The van der Waals surface area contributed by atoms with Crippen LogP contribution in [0.5, 0.6) is 0 Å². The Bertz CT molecular complexity index is 1410. The molecule has 2 amide bonds. The number of unbranched alkanes of at least 4 members (excludes halogenated alkanes) is 20. The highest BCUT2D eigenvalue weighted by Gasteiger charge is 2.21. The quantitative estimate of drug-likeness (QED) is 0.0619. The SMILES string of the molecule is CCCCCCCCN(CCCCCCCC)C(=O)c1cccc(-c2nc(N)nc(-c3cccc(C(=O)N(CCCCCCCC)CCCCCCCC)n3)n2)n1. The molecule has 3 aromatic rings. The van der Waals surface area contributed by atoms with Gasteiger partial charge < -0.3 is 15.5 Å². The molecule has 0 aliphatic rings. The third-order valence-corrected chi connectivity index (χ3v) is 10.7. The highest BCUT2D eigenvalue weighted by molar-refractivity contribution is 5.93. The molecule has 316 valence electrons. The molecular weight excluding hydrogens is 709 g/mol. The summed E-state index contributed by atoms with van der Waals surface area (Å²) in [5.74, 6) is 0.405. The molecule has 3 heterocycles. The maximum Gasteiger partial charge on any atom is 0.272 e. The number of hydrogen-bond acceptors (Lipinski definition) is 8. The fraction of sp³-hybridized carbons (Fsp3) is 0.681. The Hall–Kier alpha value is -3.95. The summed E-state index contributed by atoms with van der Waals surface area (Å²) in [5.41, 5.74) is 7.86. The van der Waals surface area contributed by atoms with Gasteiger partial charge in [-0.3, -0.25) is 9.59 Å². The van der Waals surface area contributed by atoms with Gasteiger partial charge in [0.25, 0.3) is 11.8 Å². The molecule has 2 N–H and O–H groups in total. The van der Waals surface area contributed by atoms with Gasteiger partial charge in [0.15, 0.2) is 11.6 Å². The first-order valence-corrected chi connectivity index (χ1v) is 23.0.